The van der Waals surface area contributed by atoms with Crippen LogP contribution in [0, 0.1) is 0 Å². The van der Waals surface area contributed by atoms with E-state index < -0.39 is 0 Å². The Kier molecular flexibility index (Phi) is 4.80. The van der Waals surface area contributed by atoms with Gasteiger partial charge < -0.3 is 15.6 Å². The summed E-state index contributed by atoms with van der Waals surface area (Å²) in [5.74, 6) is 0.625. The summed E-state index contributed by atoms with van der Waals surface area (Å²) in [7, 11) is 0. The third-order valence-corrected chi connectivity index (χ3v) is 3.22. The molecule has 100 valence electrons. The van der Waals surface area contributed by atoms with Gasteiger partial charge in [0.1, 0.15) is 11.9 Å². The van der Waals surface area contributed by atoms with Crippen molar-refractivity contribution in [3.8, 4) is 5.75 Å². The van der Waals surface area contributed by atoms with Crippen molar-refractivity contribution in [1.82, 2.24) is 0 Å². The average molecular weight is 278 g/mol. The molecule has 0 bridgehead atoms. The minimum atomic E-state index is -0.332. The van der Waals surface area contributed by atoms with Crippen LogP contribution in [0.1, 0.15) is 17.2 Å². The molecule has 2 aromatic carbocycles. The van der Waals surface area contributed by atoms with Crippen LogP contribution in [0.4, 0.5) is 0 Å². The fourth-order valence-electron chi connectivity index (χ4n) is 1.88. The number of hydrogen-bond acceptors (Lipinski definition) is 3. The van der Waals surface area contributed by atoms with Crippen LogP contribution in [-0.2, 0) is 6.61 Å². The number of halogens is 1. The molecule has 2 aromatic rings. The molecule has 0 aliphatic heterocycles. The van der Waals surface area contributed by atoms with Gasteiger partial charge in [0, 0.05) is 22.7 Å². The number of benzene rings is 2. The summed E-state index contributed by atoms with van der Waals surface area (Å²) in [6.07, 6.45) is -0.332. The Balaban J connectivity index is 2.27. The molecule has 1 unspecified atom stereocenters. The lowest BCUT2D eigenvalue weighted by molar-refractivity contribution is 0.203. The van der Waals surface area contributed by atoms with Gasteiger partial charge in [-0.1, -0.05) is 48.0 Å². The van der Waals surface area contributed by atoms with Gasteiger partial charge in [-0.15, -0.1) is 0 Å². The van der Waals surface area contributed by atoms with Crippen molar-refractivity contribution in [3.63, 3.8) is 0 Å². The predicted octanol–water partition coefficient (Wildman–Crippen LogP) is 2.91. The molecular weight excluding hydrogens is 262 g/mol. The second-order valence-corrected chi connectivity index (χ2v) is 4.54. The van der Waals surface area contributed by atoms with Gasteiger partial charge in [-0.25, -0.2) is 0 Å². The third kappa shape index (κ3) is 3.26. The molecule has 0 fully saturated rings. The Bertz CT molecular complexity index is 545. The topological polar surface area (TPSA) is 55.5 Å². The van der Waals surface area contributed by atoms with E-state index in [9.17, 15) is 5.11 Å². The molecule has 3 nitrogen and oxygen atoms in total. The Morgan fingerprint density at radius 3 is 2.47 bits per heavy atom. The molecule has 0 saturated carbocycles. The van der Waals surface area contributed by atoms with Crippen molar-refractivity contribution >= 4 is 11.6 Å². The van der Waals surface area contributed by atoms with Crippen LogP contribution in [0.2, 0.25) is 5.02 Å². The number of hydrogen-bond donors (Lipinski definition) is 2. The normalized spacial score (nSPS) is 12.2. The highest BCUT2D eigenvalue weighted by Crippen LogP contribution is 2.28. The molecule has 0 heterocycles. The van der Waals surface area contributed by atoms with Crippen molar-refractivity contribution in [2.75, 3.05) is 6.54 Å². The zero-order valence-corrected chi connectivity index (χ0v) is 11.2. The third-order valence-electron chi connectivity index (χ3n) is 2.88. The van der Waals surface area contributed by atoms with Gasteiger partial charge in [-0.05, 0) is 12.1 Å². The predicted molar refractivity (Wildman–Crippen MR) is 76.2 cm³/mol. The molecule has 0 saturated heterocycles. The number of rotatable bonds is 5. The highest BCUT2D eigenvalue weighted by atomic mass is 35.5. The first-order valence-corrected chi connectivity index (χ1v) is 6.44. The largest absolute Gasteiger partial charge is 0.484 e. The lowest BCUT2D eigenvalue weighted by atomic mass is 10.1. The van der Waals surface area contributed by atoms with Crippen molar-refractivity contribution in [1.29, 1.82) is 0 Å². The van der Waals surface area contributed by atoms with E-state index in [2.05, 4.69) is 0 Å². The van der Waals surface area contributed by atoms with Gasteiger partial charge in [0.25, 0.3) is 0 Å². The van der Waals surface area contributed by atoms with E-state index in [0.29, 0.717) is 17.3 Å². The van der Waals surface area contributed by atoms with Crippen LogP contribution < -0.4 is 10.5 Å². The smallest absolute Gasteiger partial charge is 0.137 e. The summed E-state index contributed by atoms with van der Waals surface area (Å²) >= 11 is 6.15. The number of aliphatic hydroxyl groups excluding tert-OH is 1. The van der Waals surface area contributed by atoms with Crippen molar-refractivity contribution in [2.24, 2.45) is 5.73 Å². The van der Waals surface area contributed by atoms with Crippen molar-refractivity contribution in [2.45, 2.75) is 12.7 Å². The second kappa shape index (κ2) is 6.57. The van der Waals surface area contributed by atoms with Crippen molar-refractivity contribution in [3.05, 3.63) is 64.7 Å². The molecule has 0 aliphatic carbocycles. The van der Waals surface area contributed by atoms with E-state index >= 15 is 0 Å². The summed E-state index contributed by atoms with van der Waals surface area (Å²) in [5.41, 5.74) is 7.34. The van der Waals surface area contributed by atoms with Crippen LogP contribution in [0.25, 0.3) is 0 Å². The van der Waals surface area contributed by atoms with E-state index in [1.54, 1.807) is 6.07 Å². The van der Waals surface area contributed by atoms with Crippen molar-refractivity contribution < 1.29 is 9.84 Å². The molecule has 3 N–H and O–H groups in total. The van der Waals surface area contributed by atoms with E-state index in [1.165, 1.54) is 0 Å². The van der Waals surface area contributed by atoms with Gasteiger partial charge in [-0.2, -0.15) is 0 Å². The molecular formula is C15H16ClNO2. The lowest BCUT2D eigenvalue weighted by Crippen LogP contribution is -2.19. The van der Waals surface area contributed by atoms with E-state index in [4.69, 9.17) is 22.1 Å². The molecule has 0 radical (unpaired) electrons. The SMILES string of the molecule is NCC(Oc1ccccc1CO)c1ccccc1Cl. The van der Waals surface area contributed by atoms with E-state index in [-0.39, 0.29) is 12.7 Å². The molecule has 0 aromatic heterocycles. The number of ether oxygens (including phenoxy) is 1. The summed E-state index contributed by atoms with van der Waals surface area (Å²) in [6.45, 7) is 0.236. The highest BCUT2D eigenvalue weighted by Gasteiger charge is 2.15. The molecule has 0 aliphatic rings. The summed E-state index contributed by atoms with van der Waals surface area (Å²) < 4.78 is 5.88. The average Bonchev–Trinajstić information content (AvgIpc) is 2.46. The molecule has 1 atom stereocenters. The minimum Gasteiger partial charge on any atom is -0.484 e. The highest BCUT2D eigenvalue weighted by molar-refractivity contribution is 6.31. The zero-order chi connectivity index (χ0) is 13.7. The first-order chi connectivity index (χ1) is 9.26. The zero-order valence-electron chi connectivity index (χ0n) is 10.4. The number of para-hydroxylation sites is 1. The lowest BCUT2D eigenvalue weighted by Gasteiger charge is -2.20. The fraction of sp³-hybridized carbons (Fsp3) is 0.200. The Hall–Kier alpha value is -1.55. The molecule has 19 heavy (non-hydrogen) atoms. The molecule has 0 spiro atoms. The fourth-order valence-corrected chi connectivity index (χ4v) is 2.13. The van der Waals surface area contributed by atoms with Gasteiger partial charge in [-0.3, -0.25) is 0 Å². The first kappa shape index (κ1) is 13.9. The van der Waals surface area contributed by atoms with Crippen LogP contribution in [0.3, 0.4) is 0 Å². The van der Waals surface area contributed by atoms with Gasteiger partial charge in [0.15, 0.2) is 0 Å². The van der Waals surface area contributed by atoms with E-state index in [0.717, 1.165) is 11.1 Å². The molecule has 2 rings (SSSR count). The van der Waals surface area contributed by atoms with Gasteiger partial charge in [0.2, 0.25) is 0 Å². The number of aliphatic hydroxyl groups is 1. The molecule has 0 amide bonds. The van der Waals surface area contributed by atoms with Gasteiger partial charge in [0.05, 0.1) is 6.61 Å². The van der Waals surface area contributed by atoms with Gasteiger partial charge >= 0.3 is 0 Å². The quantitative estimate of drug-likeness (QED) is 0.883. The van der Waals surface area contributed by atoms with Crippen LogP contribution in [-0.4, -0.2) is 11.7 Å². The monoisotopic (exact) mass is 277 g/mol. The van der Waals surface area contributed by atoms with Crippen LogP contribution >= 0.6 is 11.6 Å². The molecule has 4 heteroatoms. The van der Waals surface area contributed by atoms with Crippen LogP contribution in [0.15, 0.2) is 48.5 Å². The Morgan fingerprint density at radius 1 is 1.11 bits per heavy atom. The van der Waals surface area contributed by atoms with Crippen LogP contribution in [0.5, 0.6) is 5.75 Å². The summed E-state index contributed by atoms with van der Waals surface area (Å²) in [6, 6.07) is 14.8. The second-order valence-electron chi connectivity index (χ2n) is 4.13. The maximum Gasteiger partial charge on any atom is 0.137 e. The maximum atomic E-state index is 9.29. The minimum absolute atomic E-state index is 0.0734. The summed E-state index contributed by atoms with van der Waals surface area (Å²) in [4.78, 5) is 0. The number of nitrogens with two attached hydrogens (primary N) is 1. The van der Waals surface area contributed by atoms with E-state index in [1.807, 2.05) is 42.5 Å². The summed E-state index contributed by atoms with van der Waals surface area (Å²) in [5, 5.41) is 9.92. The Morgan fingerprint density at radius 2 is 1.79 bits per heavy atom. The first-order valence-electron chi connectivity index (χ1n) is 6.06. The Labute approximate surface area is 117 Å². The maximum absolute atomic E-state index is 9.29. The standard InChI is InChI=1S/C15H16ClNO2/c16-13-7-3-2-6-12(13)15(9-17)19-14-8-4-1-5-11(14)10-18/h1-8,15,18H,9-10,17H2.